The van der Waals surface area contributed by atoms with E-state index in [-0.39, 0.29) is 5.15 Å². The third kappa shape index (κ3) is 4.23. The molecule has 0 aliphatic heterocycles. The number of hydrogen-bond donors (Lipinski definition) is 1. The lowest BCUT2D eigenvalue weighted by molar-refractivity contribution is 0.112. The largest absolute Gasteiger partial charge is 0.369 e. The first kappa shape index (κ1) is 14.9. The minimum Gasteiger partial charge on any atom is -0.369 e. The minimum absolute atomic E-state index is 0.182. The normalized spacial score (nSPS) is 11.0. The lowest BCUT2D eigenvalue weighted by Gasteiger charge is -2.20. The fraction of sp³-hybridized carbons (Fsp3) is 0.583. The number of rotatable bonds is 7. The molecule has 0 atom stereocenters. The van der Waals surface area contributed by atoms with Crippen molar-refractivity contribution in [2.45, 2.75) is 26.3 Å². The Morgan fingerprint density at radius 1 is 1.50 bits per heavy atom. The molecule has 5 nitrogen and oxygen atoms in total. The van der Waals surface area contributed by atoms with Crippen LogP contribution in [0, 0.1) is 0 Å². The molecule has 1 aromatic rings. The van der Waals surface area contributed by atoms with Crippen LogP contribution in [0.4, 0.5) is 5.82 Å². The molecule has 0 radical (unpaired) electrons. The maximum Gasteiger partial charge on any atom is 0.156 e. The van der Waals surface area contributed by atoms with Crippen LogP contribution < -0.4 is 5.32 Å². The van der Waals surface area contributed by atoms with Gasteiger partial charge in [0.15, 0.2) is 6.29 Å². The summed E-state index contributed by atoms with van der Waals surface area (Å²) in [5.41, 5.74) is 0.316. The van der Waals surface area contributed by atoms with E-state index < -0.39 is 0 Å². The quantitative estimate of drug-likeness (QED) is 0.467. The Bertz CT molecular complexity index is 398. The lowest BCUT2D eigenvalue weighted by Crippen LogP contribution is -2.28. The van der Waals surface area contributed by atoms with E-state index in [0.717, 1.165) is 19.5 Å². The molecule has 0 aromatic carbocycles. The molecule has 1 aromatic heterocycles. The van der Waals surface area contributed by atoms with Gasteiger partial charge in [0.05, 0.1) is 5.56 Å². The summed E-state index contributed by atoms with van der Waals surface area (Å²) in [7, 11) is 2.09. The van der Waals surface area contributed by atoms with Crippen LogP contribution in [0.1, 0.15) is 30.6 Å². The highest BCUT2D eigenvalue weighted by molar-refractivity contribution is 6.32. The van der Waals surface area contributed by atoms with Crippen molar-refractivity contribution in [1.82, 2.24) is 14.9 Å². The molecule has 0 saturated carbocycles. The first-order valence-corrected chi connectivity index (χ1v) is 6.33. The number of aldehydes is 1. The Hall–Kier alpha value is -1.20. The van der Waals surface area contributed by atoms with E-state index in [1.807, 2.05) is 0 Å². The molecule has 0 saturated heterocycles. The SMILES string of the molecule is CC(C)N(C)CCCNc1ncnc(Cl)c1C=O. The van der Waals surface area contributed by atoms with E-state index in [1.165, 1.54) is 6.33 Å². The number of aromatic nitrogens is 2. The number of nitrogens with zero attached hydrogens (tertiary/aromatic N) is 3. The van der Waals surface area contributed by atoms with Crippen LogP contribution in [-0.2, 0) is 0 Å². The molecule has 18 heavy (non-hydrogen) atoms. The second-order valence-corrected chi connectivity index (χ2v) is 4.76. The van der Waals surface area contributed by atoms with Gasteiger partial charge in [0.25, 0.3) is 0 Å². The molecule has 0 aliphatic carbocycles. The molecule has 0 fully saturated rings. The van der Waals surface area contributed by atoms with Gasteiger partial charge in [-0.1, -0.05) is 11.6 Å². The van der Waals surface area contributed by atoms with E-state index in [1.54, 1.807) is 0 Å². The predicted molar refractivity (Wildman–Crippen MR) is 73.3 cm³/mol. The average Bonchev–Trinajstić information content (AvgIpc) is 2.34. The summed E-state index contributed by atoms with van der Waals surface area (Å²) >= 11 is 5.80. The van der Waals surface area contributed by atoms with E-state index in [2.05, 4.69) is 41.1 Å². The number of halogens is 1. The standard InChI is InChI=1S/C12H19ClN4O/c1-9(2)17(3)6-4-5-14-12-10(7-18)11(13)15-8-16-12/h7-9H,4-6H2,1-3H3,(H,14,15,16). The third-order valence-corrected chi connectivity index (χ3v) is 3.12. The van der Waals surface area contributed by atoms with Gasteiger partial charge in [-0.15, -0.1) is 0 Å². The Balaban J connectivity index is 2.45. The molecule has 100 valence electrons. The zero-order valence-electron chi connectivity index (χ0n) is 11.0. The Morgan fingerprint density at radius 2 is 2.22 bits per heavy atom. The van der Waals surface area contributed by atoms with Crippen molar-refractivity contribution in [3.05, 3.63) is 17.0 Å². The Kier molecular flexibility index (Phi) is 6.01. The summed E-state index contributed by atoms with van der Waals surface area (Å²) in [5, 5.41) is 3.29. The zero-order valence-corrected chi connectivity index (χ0v) is 11.7. The van der Waals surface area contributed by atoms with Crippen LogP contribution >= 0.6 is 11.6 Å². The summed E-state index contributed by atoms with van der Waals surface area (Å²) in [6.07, 6.45) is 2.98. The van der Waals surface area contributed by atoms with E-state index in [4.69, 9.17) is 11.6 Å². The maximum atomic E-state index is 10.9. The van der Waals surface area contributed by atoms with Gasteiger partial charge < -0.3 is 10.2 Å². The molecule has 0 unspecified atom stereocenters. The average molecular weight is 271 g/mol. The molecule has 1 N–H and O–H groups in total. The van der Waals surface area contributed by atoms with Crippen LogP contribution in [0.2, 0.25) is 5.15 Å². The number of carbonyl (C=O) groups is 1. The topological polar surface area (TPSA) is 58.1 Å². The van der Waals surface area contributed by atoms with Crippen molar-refractivity contribution >= 4 is 23.7 Å². The van der Waals surface area contributed by atoms with Gasteiger partial charge in [-0.3, -0.25) is 4.79 Å². The summed E-state index contributed by atoms with van der Waals surface area (Å²) in [5.74, 6) is 0.497. The Labute approximate surface area is 113 Å². The van der Waals surface area contributed by atoms with Crippen LogP contribution in [0.3, 0.4) is 0 Å². The number of anilines is 1. The summed E-state index contributed by atoms with van der Waals surface area (Å²) in [4.78, 5) is 20.9. The lowest BCUT2D eigenvalue weighted by atomic mass is 10.3. The molecule has 0 amide bonds. The minimum atomic E-state index is 0.182. The van der Waals surface area contributed by atoms with Crippen molar-refractivity contribution in [2.24, 2.45) is 0 Å². The summed E-state index contributed by atoms with van der Waals surface area (Å²) in [6.45, 7) is 6.04. The van der Waals surface area contributed by atoms with E-state index >= 15 is 0 Å². The molecule has 0 spiro atoms. The molecular formula is C12H19ClN4O. The molecule has 1 heterocycles. The molecule has 6 heteroatoms. The van der Waals surface area contributed by atoms with Crippen molar-refractivity contribution in [1.29, 1.82) is 0 Å². The van der Waals surface area contributed by atoms with Crippen molar-refractivity contribution < 1.29 is 4.79 Å². The van der Waals surface area contributed by atoms with Gasteiger partial charge in [-0.2, -0.15) is 0 Å². The van der Waals surface area contributed by atoms with E-state index in [9.17, 15) is 4.79 Å². The highest BCUT2D eigenvalue weighted by Gasteiger charge is 2.08. The summed E-state index contributed by atoms with van der Waals surface area (Å²) < 4.78 is 0. The second kappa shape index (κ2) is 7.28. The fourth-order valence-electron chi connectivity index (χ4n) is 1.41. The zero-order chi connectivity index (χ0) is 13.5. The van der Waals surface area contributed by atoms with Crippen LogP contribution in [0.15, 0.2) is 6.33 Å². The van der Waals surface area contributed by atoms with Crippen LogP contribution in [0.25, 0.3) is 0 Å². The van der Waals surface area contributed by atoms with Gasteiger partial charge in [0, 0.05) is 12.6 Å². The summed E-state index contributed by atoms with van der Waals surface area (Å²) in [6, 6.07) is 0.532. The van der Waals surface area contributed by atoms with Gasteiger partial charge in [-0.05, 0) is 33.9 Å². The number of nitrogens with one attached hydrogen (secondary N) is 1. The van der Waals surface area contributed by atoms with Crippen LogP contribution in [0.5, 0.6) is 0 Å². The smallest absolute Gasteiger partial charge is 0.156 e. The Morgan fingerprint density at radius 3 is 2.83 bits per heavy atom. The maximum absolute atomic E-state index is 10.9. The molecule has 0 aliphatic rings. The van der Waals surface area contributed by atoms with Gasteiger partial charge in [-0.25, -0.2) is 9.97 Å². The number of hydrogen-bond acceptors (Lipinski definition) is 5. The first-order valence-electron chi connectivity index (χ1n) is 5.96. The van der Waals surface area contributed by atoms with Gasteiger partial charge in [0.1, 0.15) is 17.3 Å². The first-order chi connectivity index (χ1) is 8.56. The monoisotopic (exact) mass is 270 g/mol. The van der Waals surface area contributed by atoms with Crippen LogP contribution in [-0.4, -0.2) is 47.3 Å². The van der Waals surface area contributed by atoms with E-state index in [0.29, 0.717) is 23.7 Å². The molecular weight excluding hydrogens is 252 g/mol. The van der Waals surface area contributed by atoms with Gasteiger partial charge in [0.2, 0.25) is 0 Å². The highest BCUT2D eigenvalue weighted by atomic mass is 35.5. The van der Waals surface area contributed by atoms with Crippen molar-refractivity contribution in [3.63, 3.8) is 0 Å². The third-order valence-electron chi connectivity index (χ3n) is 2.81. The second-order valence-electron chi connectivity index (χ2n) is 4.40. The molecule has 0 bridgehead atoms. The van der Waals surface area contributed by atoms with Gasteiger partial charge >= 0.3 is 0 Å². The van der Waals surface area contributed by atoms with Crippen molar-refractivity contribution in [3.8, 4) is 0 Å². The highest BCUT2D eigenvalue weighted by Crippen LogP contribution is 2.16. The number of carbonyl (C=O) groups excluding carboxylic acids is 1. The van der Waals surface area contributed by atoms with Crippen molar-refractivity contribution in [2.75, 3.05) is 25.5 Å². The fourth-order valence-corrected chi connectivity index (χ4v) is 1.59. The predicted octanol–water partition coefficient (Wildman–Crippen LogP) is 2.08. The molecule has 1 rings (SSSR count).